The molecule has 0 spiro atoms. The molecule has 0 aromatic heterocycles. The van der Waals surface area contributed by atoms with Gasteiger partial charge in [0.05, 0.1) is 30.0 Å². The van der Waals surface area contributed by atoms with Crippen LogP contribution in [0.5, 0.6) is 0 Å². The van der Waals surface area contributed by atoms with Crippen LogP contribution in [0.15, 0.2) is 46.9 Å². The molecule has 1 amide bonds. The quantitative estimate of drug-likeness (QED) is 0.778. The van der Waals surface area contributed by atoms with E-state index in [0.29, 0.717) is 37.6 Å². The van der Waals surface area contributed by atoms with Gasteiger partial charge in [-0.3, -0.25) is 4.79 Å². The van der Waals surface area contributed by atoms with E-state index in [9.17, 15) is 18.0 Å². The van der Waals surface area contributed by atoms with Crippen molar-refractivity contribution in [2.24, 2.45) is 0 Å². The number of hydrogen-bond acceptors (Lipinski definition) is 3. The summed E-state index contributed by atoms with van der Waals surface area (Å²) in [4.78, 5) is 14.7. The van der Waals surface area contributed by atoms with E-state index in [0.717, 1.165) is 22.3 Å². The first-order valence-electron chi connectivity index (χ1n) is 7.95. The predicted molar refractivity (Wildman–Crippen MR) is 96.6 cm³/mol. The van der Waals surface area contributed by atoms with Gasteiger partial charge in [-0.15, -0.1) is 0 Å². The van der Waals surface area contributed by atoms with Crippen molar-refractivity contribution in [1.82, 2.24) is 0 Å². The summed E-state index contributed by atoms with van der Waals surface area (Å²) in [5, 5.41) is 2.66. The Bertz CT molecular complexity index is 788. The van der Waals surface area contributed by atoms with Gasteiger partial charge in [-0.2, -0.15) is 13.2 Å². The molecule has 0 bridgehead atoms. The lowest BCUT2D eigenvalue weighted by Crippen LogP contribution is -2.37. The number of halogens is 4. The van der Waals surface area contributed by atoms with Crippen molar-refractivity contribution in [3.05, 3.63) is 58.1 Å². The van der Waals surface area contributed by atoms with E-state index in [1.807, 2.05) is 6.07 Å². The first-order valence-corrected chi connectivity index (χ1v) is 8.75. The van der Waals surface area contributed by atoms with Gasteiger partial charge in [-0.1, -0.05) is 15.9 Å². The largest absolute Gasteiger partial charge is 0.416 e. The second-order valence-corrected chi connectivity index (χ2v) is 6.71. The Balaban J connectivity index is 1.81. The van der Waals surface area contributed by atoms with Gasteiger partial charge in [-0.25, -0.2) is 0 Å². The summed E-state index contributed by atoms with van der Waals surface area (Å²) in [6, 6.07) is 9.68. The molecule has 0 saturated carbocycles. The standard InChI is InChI=1S/C18H16BrF3N2O2/c19-13-3-6-15(16(11-13)24-7-9-26-10-8-24)17(25)23-14-4-1-12(2-5-14)18(20,21)22/h1-6,11H,7-10H2,(H,23,25). The van der Waals surface area contributed by atoms with Crippen LogP contribution in [0.25, 0.3) is 0 Å². The Morgan fingerprint density at radius 2 is 1.73 bits per heavy atom. The van der Waals surface area contributed by atoms with E-state index in [1.54, 1.807) is 12.1 Å². The van der Waals surface area contributed by atoms with Gasteiger partial charge in [-0.05, 0) is 42.5 Å². The second kappa shape index (κ2) is 7.67. The maximum atomic E-state index is 12.7. The number of benzene rings is 2. The van der Waals surface area contributed by atoms with E-state index >= 15 is 0 Å². The van der Waals surface area contributed by atoms with Crippen molar-refractivity contribution in [1.29, 1.82) is 0 Å². The number of alkyl halides is 3. The van der Waals surface area contributed by atoms with Crippen LogP contribution in [0.1, 0.15) is 15.9 Å². The lowest BCUT2D eigenvalue weighted by Gasteiger charge is -2.30. The summed E-state index contributed by atoms with van der Waals surface area (Å²) in [6.45, 7) is 2.48. The zero-order valence-corrected chi connectivity index (χ0v) is 15.2. The average Bonchev–Trinajstić information content (AvgIpc) is 2.62. The number of morpholine rings is 1. The minimum atomic E-state index is -4.41. The van der Waals surface area contributed by atoms with Crippen LogP contribution in [0.2, 0.25) is 0 Å². The van der Waals surface area contributed by atoms with Crippen molar-refractivity contribution >= 4 is 33.2 Å². The highest BCUT2D eigenvalue weighted by molar-refractivity contribution is 9.10. The summed E-state index contributed by atoms with van der Waals surface area (Å²) in [5.41, 5.74) is 0.758. The van der Waals surface area contributed by atoms with Crippen LogP contribution in [0, 0.1) is 0 Å². The van der Waals surface area contributed by atoms with Gasteiger partial charge in [0.15, 0.2) is 0 Å². The fraction of sp³-hybridized carbons (Fsp3) is 0.278. The SMILES string of the molecule is O=C(Nc1ccc(C(F)(F)F)cc1)c1ccc(Br)cc1N1CCOCC1. The monoisotopic (exact) mass is 428 g/mol. The van der Waals surface area contributed by atoms with Gasteiger partial charge in [0, 0.05) is 23.2 Å². The van der Waals surface area contributed by atoms with Crippen LogP contribution in [-0.4, -0.2) is 32.2 Å². The molecule has 1 N–H and O–H groups in total. The lowest BCUT2D eigenvalue weighted by atomic mass is 10.1. The molecule has 1 saturated heterocycles. The summed E-state index contributed by atoms with van der Waals surface area (Å²) in [7, 11) is 0. The Morgan fingerprint density at radius 3 is 2.35 bits per heavy atom. The Kier molecular flexibility index (Phi) is 5.52. The fourth-order valence-corrected chi connectivity index (χ4v) is 3.05. The number of rotatable bonds is 3. The van der Waals surface area contributed by atoms with E-state index < -0.39 is 11.7 Å². The maximum absolute atomic E-state index is 12.7. The molecule has 0 unspecified atom stereocenters. The normalized spacial score (nSPS) is 15.0. The molecule has 0 radical (unpaired) electrons. The van der Waals surface area contributed by atoms with Gasteiger partial charge in [0.1, 0.15) is 0 Å². The van der Waals surface area contributed by atoms with Crippen LogP contribution < -0.4 is 10.2 Å². The number of nitrogens with one attached hydrogen (secondary N) is 1. The van der Waals surface area contributed by atoms with Crippen LogP contribution in [0.3, 0.4) is 0 Å². The highest BCUT2D eigenvalue weighted by atomic mass is 79.9. The Labute approximate surface area is 157 Å². The molecule has 0 atom stereocenters. The van der Waals surface area contributed by atoms with E-state index in [4.69, 9.17) is 4.74 Å². The third-order valence-corrected chi connectivity index (χ3v) is 4.52. The average molecular weight is 429 g/mol. The molecule has 2 aromatic rings. The van der Waals surface area contributed by atoms with Gasteiger partial charge in [0.25, 0.3) is 5.91 Å². The number of hydrogen-bond donors (Lipinski definition) is 1. The molecule has 1 heterocycles. The molecule has 8 heteroatoms. The first-order chi connectivity index (χ1) is 12.3. The molecule has 4 nitrogen and oxygen atoms in total. The van der Waals surface area contributed by atoms with Crippen molar-refractivity contribution < 1.29 is 22.7 Å². The summed E-state index contributed by atoms with van der Waals surface area (Å²) in [5.74, 6) is -0.376. The van der Waals surface area contributed by atoms with Crippen molar-refractivity contribution in [3.63, 3.8) is 0 Å². The fourth-order valence-electron chi connectivity index (χ4n) is 2.70. The highest BCUT2D eigenvalue weighted by Gasteiger charge is 2.30. The zero-order valence-electron chi connectivity index (χ0n) is 13.6. The molecular weight excluding hydrogens is 413 g/mol. The summed E-state index contributed by atoms with van der Waals surface area (Å²) in [6.07, 6.45) is -4.41. The predicted octanol–water partition coefficient (Wildman–Crippen LogP) is 4.56. The Morgan fingerprint density at radius 1 is 1.08 bits per heavy atom. The molecular formula is C18H16BrF3N2O2. The minimum Gasteiger partial charge on any atom is -0.378 e. The molecule has 26 heavy (non-hydrogen) atoms. The first kappa shape index (κ1) is 18.7. The maximum Gasteiger partial charge on any atom is 0.416 e. The summed E-state index contributed by atoms with van der Waals surface area (Å²) < 4.78 is 44.1. The van der Waals surface area contributed by atoms with E-state index in [1.165, 1.54) is 12.1 Å². The van der Waals surface area contributed by atoms with Crippen LogP contribution in [-0.2, 0) is 10.9 Å². The molecule has 1 aliphatic heterocycles. The van der Waals surface area contributed by atoms with Crippen molar-refractivity contribution in [2.75, 3.05) is 36.5 Å². The molecule has 1 aliphatic rings. The number of carbonyl (C=O) groups excluding carboxylic acids is 1. The second-order valence-electron chi connectivity index (χ2n) is 5.79. The number of nitrogens with zero attached hydrogens (tertiary/aromatic N) is 1. The number of carbonyl (C=O) groups is 1. The molecule has 2 aromatic carbocycles. The van der Waals surface area contributed by atoms with Crippen molar-refractivity contribution in [3.8, 4) is 0 Å². The van der Waals surface area contributed by atoms with E-state index in [-0.39, 0.29) is 5.91 Å². The van der Waals surface area contributed by atoms with Crippen LogP contribution >= 0.6 is 15.9 Å². The zero-order chi connectivity index (χ0) is 18.7. The number of ether oxygens (including phenoxy) is 1. The third kappa shape index (κ3) is 4.37. The van der Waals surface area contributed by atoms with Gasteiger partial charge in [0.2, 0.25) is 0 Å². The van der Waals surface area contributed by atoms with E-state index in [2.05, 4.69) is 26.1 Å². The van der Waals surface area contributed by atoms with Crippen molar-refractivity contribution in [2.45, 2.75) is 6.18 Å². The topological polar surface area (TPSA) is 41.6 Å². The molecule has 138 valence electrons. The molecule has 1 fully saturated rings. The number of amides is 1. The lowest BCUT2D eigenvalue weighted by molar-refractivity contribution is -0.137. The molecule has 0 aliphatic carbocycles. The summed E-state index contributed by atoms with van der Waals surface area (Å²) >= 11 is 3.41. The smallest absolute Gasteiger partial charge is 0.378 e. The van der Waals surface area contributed by atoms with Gasteiger partial charge >= 0.3 is 6.18 Å². The third-order valence-electron chi connectivity index (χ3n) is 4.03. The molecule has 3 rings (SSSR count). The van der Waals surface area contributed by atoms with Crippen LogP contribution in [0.4, 0.5) is 24.5 Å². The minimum absolute atomic E-state index is 0.304. The number of anilines is 2. The highest BCUT2D eigenvalue weighted by Crippen LogP contribution is 2.30. The Hall–Kier alpha value is -2.06. The van der Waals surface area contributed by atoms with Gasteiger partial charge < -0.3 is 15.0 Å².